The predicted molar refractivity (Wildman–Crippen MR) is 199 cm³/mol. The summed E-state index contributed by atoms with van der Waals surface area (Å²) in [5.74, 6) is 0.791. The first kappa shape index (κ1) is 68.1. The molecule has 0 aromatic carbocycles. The van der Waals surface area contributed by atoms with E-state index in [2.05, 4.69) is 21.3 Å². The van der Waals surface area contributed by atoms with Crippen LogP contribution in [0.2, 0.25) is 0 Å². The number of ether oxygens (including phenoxy) is 4. The number of halogens is 3. The van der Waals surface area contributed by atoms with Crippen LogP contribution in [0.25, 0.3) is 0 Å². The summed E-state index contributed by atoms with van der Waals surface area (Å²) >= 11 is 0. The molecule has 4 rings (SSSR count). The quantitative estimate of drug-likeness (QED) is 0.0708. The third-order valence-corrected chi connectivity index (χ3v) is 7.23. The van der Waals surface area contributed by atoms with Crippen LogP contribution in [0.1, 0.15) is 12.8 Å². The van der Waals surface area contributed by atoms with Crippen LogP contribution >= 0.6 is 0 Å². The Hall–Kier alpha value is -4.17. The molecule has 0 fully saturated rings. The predicted octanol–water partition coefficient (Wildman–Crippen LogP) is -11.3. The number of hydrogen-bond donors (Lipinski definition) is 5. The summed E-state index contributed by atoms with van der Waals surface area (Å²) in [5, 5.41) is 19.4. The van der Waals surface area contributed by atoms with Crippen molar-refractivity contribution in [2.24, 2.45) is 0 Å². The Morgan fingerprint density at radius 1 is 0.412 bits per heavy atom. The van der Waals surface area contributed by atoms with Gasteiger partial charge < -0.3 is 45.3 Å². The van der Waals surface area contributed by atoms with Gasteiger partial charge >= 0.3 is 46.9 Å². The summed E-state index contributed by atoms with van der Waals surface area (Å²) in [6.45, 7) is 2.78. The summed E-state index contributed by atoms with van der Waals surface area (Å²) in [6.07, 6.45) is 29.0. The molecule has 0 saturated heterocycles. The Morgan fingerprint density at radius 2 is 0.574 bits per heavy atom. The van der Waals surface area contributed by atoms with E-state index in [9.17, 15) is 19.2 Å². The van der Waals surface area contributed by atoms with Gasteiger partial charge in [0.25, 0.3) is 0 Å². The first-order valence-corrected chi connectivity index (χ1v) is 22.0. The standard InChI is InChI=1S/2C19H22N2O4.CH4O.3ClHO4.Yb/c2*1-24-16-8-3-6-14(18(16)22)12-20-10-5-11-21-13-15-7-4-9-17(25-2)19(15)23;1-2;3*2-1(3,4)5;/h2*3-4,6-9,12-13,20-21H,5,10-11H2,1-2H3;2H,1H3;3*(H,2,3,4,5);/q;;;;;;+3/p-3/b2*14-12-,15-13-;;;;;. The first-order valence-electron chi connectivity index (χ1n) is 18.3. The molecule has 0 bridgehead atoms. The number of allylic oxidation sites excluding steroid dienone is 16. The molecule has 0 aromatic heterocycles. The van der Waals surface area contributed by atoms with Crippen LogP contribution in [-0.4, -0.2) is 90.0 Å². The van der Waals surface area contributed by atoms with Crippen LogP contribution in [0.3, 0.4) is 0 Å². The fraction of sp³-hybridized carbons (Fsp3) is 0.282. The van der Waals surface area contributed by atoms with Crippen LogP contribution in [0.5, 0.6) is 0 Å². The number of methoxy groups -OCH3 is 4. The molecule has 0 heterocycles. The Labute approximate surface area is 435 Å². The molecule has 29 heteroatoms. The zero-order valence-electron chi connectivity index (χ0n) is 36.5. The molecule has 0 aliphatic heterocycles. The molecule has 25 nitrogen and oxygen atoms in total. The van der Waals surface area contributed by atoms with Crippen molar-refractivity contribution < 1.29 is 177 Å². The molecule has 5 N–H and O–H groups in total. The van der Waals surface area contributed by atoms with Crippen molar-refractivity contribution in [3.05, 3.63) is 143 Å². The van der Waals surface area contributed by atoms with E-state index in [0.29, 0.717) is 71.5 Å². The maximum atomic E-state index is 12.0. The second-order valence-corrected chi connectivity index (χ2v) is 14.0. The van der Waals surface area contributed by atoms with Gasteiger partial charge in [-0.15, -0.1) is 30.7 Å². The van der Waals surface area contributed by atoms with Crippen molar-refractivity contribution in [3.8, 4) is 0 Å². The molecule has 0 spiro atoms. The third kappa shape index (κ3) is 35.9. The molecule has 0 aromatic rings. The average molecular weight is 1190 g/mol. The zero-order valence-corrected chi connectivity index (χ0v) is 40.5. The largest absolute Gasteiger partial charge is 3.00 e. The molecule has 1 radical (unpaired) electrons. The van der Waals surface area contributed by atoms with Gasteiger partial charge in [0, 0.05) is 80.4 Å². The van der Waals surface area contributed by atoms with Gasteiger partial charge in [-0.3, -0.25) is 19.2 Å². The van der Waals surface area contributed by atoms with E-state index in [0.717, 1.165) is 20.0 Å². The van der Waals surface area contributed by atoms with Crippen molar-refractivity contribution in [3.63, 3.8) is 0 Å². The van der Waals surface area contributed by atoms with E-state index in [-0.39, 0.29) is 70.1 Å². The van der Waals surface area contributed by atoms with Crippen LogP contribution < -0.4 is 77.2 Å². The first-order chi connectivity index (χ1) is 31.3. The molecule has 68 heavy (non-hydrogen) atoms. The SMILES string of the molecule is CO.COC1=CC=C/C(=C/NCCCN/C=C2/C=CC=C(OC)C2=O)C1=O.COC1=CC=C/C(=C/NCCCN/C=C2/C=CC=C(OC)C2=O)C1=O.[O-][Cl+3]([O-])([O-])[O-].[O-][Cl+3]([O-])([O-])[O-].[O-][Cl+3]([O-])([O-])[O-].[Yb+3]. The normalized spacial score (nSPS) is 17.3. The Morgan fingerprint density at radius 3 is 0.721 bits per heavy atom. The van der Waals surface area contributed by atoms with E-state index >= 15 is 0 Å². The molecule has 0 amide bonds. The van der Waals surface area contributed by atoms with Gasteiger partial charge in [-0.25, -0.2) is 55.9 Å². The van der Waals surface area contributed by atoms with Gasteiger partial charge in [0.05, 0.1) is 28.4 Å². The van der Waals surface area contributed by atoms with E-state index in [4.69, 9.17) is 80.0 Å². The summed E-state index contributed by atoms with van der Waals surface area (Å²) in [4.78, 5) is 47.8. The minimum Gasteiger partial charge on any atom is -0.493 e. The van der Waals surface area contributed by atoms with Gasteiger partial charge in [-0.05, 0) is 61.4 Å². The van der Waals surface area contributed by atoms with Crippen molar-refractivity contribution >= 4 is 23.1 Å². The number of rotatable bonds is 16. The van der Waals surface area contributed by atoms with Crippen LogP contribution in [0, 0.1) is 77.7 Å². The van der Waals surface area contributed by atoms with Crippen LogP contribution in [-0.2, 0) is 38.1 Å². The number of carbonyl (C=O) groups excluding carboxylic acids is 4. The van der Waals surface area contributed by atoms with Crippen molar-refractivity contribution in [1.82, 2.24) is 21.3 Å². The molecule has 385 valence electrons. The van der Waals surface area contributed by atoms with Crippen LogP contribution in [0.4, 0.5) is 0 Å². The third-order valence-electron chi connectivity index (χ3n) is 7.23. The van der Waals surface area contributed by atoms with E-state index in [1.807, 2.05) is 0 Å². The van der Waals surface area contributed by atoms with Crippen molar-refractivity contribution in [1.29, 1.82) is 0 Å². The summed E-state index contributed by atoms with van der Waals surface area (Å²) in [7, 11) is -7.92. The molecular weight excluding hydrogens is 1140 g/mol. The maximum absolute atomic E-state index is 12.0. The monoisotopic (exact) mass is 1190 g/mol. The minimum atomic E-state index is -4.94. The summed E-state index contributed by atoms with van der Waals surface area (Å²) < 4.78 is 122. The smallest absolute Gasteiger partial charge is 0.493 e. The Kier molecular flexibility index (Phi) is 37.7. The fourth-order valence-electron chi connectivity index (χ4n) is 4.54. The van der Waals surface area contributed by atoms with Gasteiger partial charge in [-0.2, -0.15) is 0 Å². The minimum absolute atomic E-state index is 0. The number of aliphatic hydroxyl groups is 1. The molecule has 0 unspecified atom stereocenters. The van der Waals surface area contributed by atoms with Crippen LogP contribution in [0.15, 0.2) is 143 Å². The van der Waals surface area contributed by atoms with E-state index in [1.165, 1.54) is 28.4 Å². The summed E-state index contributed by atoms with van der Waals surface area (Å²) in [6, 6.07) is 0. The molecule has 4 aliphatic carbocycles. The van der Waals surface area contributed by atoms with Gasteiger partial charge in [0.2, 0.25) is 23.1 Å². The average Bonchev–Trinajstić information content (AvgIpc) is 3.24. The second kappa shape index (κ2) is 37.7. The summed E-state index contributed by atoms with van der Waals surface area (Å²) in [5.41, 5.74) is 2.25. The molecule has 0 atom stereocenters. The van der Waals surface area contributed by atoms with Gasteiger partial charge in [0.1, 0.15) is 0 Å². The topological polar surface area (TPSA) is 450 Å². The number of aliphatic hydroxyl groups excluding tert-OH is 1. The Balaban J connectivity index is -0.000000920. The number of Topliss-reactive ketones (excluding diaryl/α,β-unsaturated/α-hetero) is 4. The second-order valence-electron chi connectivity index (χ2n) is 11.7. The number of hydrogen-bond acceptors (Lipinski definition) is 25. The van der Waals surface area contributed by atoms with Crippen molar-refractivity contribution in [2.45, 2.75) is 12.8 Å². The zero-order chi connectivity index (χ0) is 51.6. The molecular formula is C39H48Cl3N4O21Yb. The molecule has 4 aliphatic rings. The maximum Gasteiger partial charge on any atom is 3.00 e. The van der Waals surface area contributed by atoms with Crippen molar-refractivity contribution in [2.75, 3.05) is 61.7 Å². The van der Waals surface area contributed by atoms with Gasteiger partial charge in [-0.1, -0.05) is 24.3 Å². The van der Waals surface area contributed by atoms with E-state index < -0.39 is 30.7 Å². The van der Waals surface area contributed by atoms with Gasteiger partial charge in [0.15, 0.2) is 23.0 Å². The Bertz CT molecular complexity index is 1700. The molecule has 0 saturated carbocycles. The number of ketones is 4. The van der Waals surface area contributed by atoms with E-state index in [1.54, 1.807) is 97.7 Å². The number of carbonyl (C=O) groups is 4. The fourth-order valence-corrected chi connectivity index (χ4v) is 4.54. The number of nitrogens with one attached hydrogen (secondary N) is 4.